The van der Waals surface area contributed by atoms with E-state index < -0.39 is 10.0 Å². The third-order valence-electron chi connectivity index (χ3n) is 4.40. The van der Waals surface area contributed by atoms with Crippen molar-refractivity contribution in [3.63, 3.8) is 0 Å². The summed E-state index contributed by atoms with van der Waals surface area (Å²) in [5.74, 6) is 0.664. The van der Waals surface area contributed by atoms with Gasteiger partial charge >= 0.3 is 0 Å². The number of aromatic nitrogens is 4. The number of benzene rings is 1. The van der Waals surface area contributed by atoms with Gasteiger partial charge in [-0.1, -0.05) is 12.8 Å². The summed E-state index contributed by atoms with van der Waals surface area (Å²) >= 11 is 0. The van der Waals surface area contributed by atoms with Gasteiger partial charge in [-0.2, -0.15) is 8.99 Å². The Morgan fingerprint density at radius 2 is 1.67 bits per heavy atom. The number of rotatable bonds is 7. The average Bonchev–Trinajstić information content (AvgIpc) is 3.04. The summed E-state index contributed by atoms with van der Waals surface area (Å²) < 4.78 is 41.0. The van der Waals surface area contributed by atoms with Gasteiger partial charge in [-0.05, 0) is 37.1 Å². The lowest BCUT2D eigenvalue weighted by molar-refractivity contribution is 0.319. The largest absolute Gasteiger partial charge is 0.492 e. The molecule has 1 saturated heterocycles. The number of nitrogens with zero attached hydrogens (tertiary/aromatic N) is 5. The van der Waals surface area contributed by atoms with Crippen LogP contribution in [-0.4, -0.2) is 59.2 Å². The summed E-state index contributed by atoms with van der Waals surface area (Å²) in [7, 11) is -3.70. The van der Waals surface area contributed by atoms with Crippen molar-refractivity contribution in [3.05, 3.63) is 18.5 Å². The summed E-state index contributed by atoms with van der Waals surface area (Å²) in [6, 6.07) is 3.14. The lowest BCUT2D eigenvalue weighted by atomic mass is 10.2. The third-order valence-corrected chi connectivity index (χ3v) is 6.32. The van der Waals surface area contributed by atoms with Gasteiger partial charge in [0.05, 0.1) is 13.2 Å². The van der Waals surface area contributed by atoms with Crippen LogP contribution in [0, 0.1) is 0 Å². The Morgan fingerprint density at radius 1 is 1.00 bits per heavy atom. The molecule has 9 nitrogen and oxygen atoms in total. The maximum Gasteiger partial charge on any atom is 0.246 e. The molecule has 0 spiro atoms. The number of sulfonamides is 1. The van der Waals surface area contributed by atoms with Crippen molar-refractivity contribution in [1.82, 2.24) is 24.5 Å². The standard InChI is InChI=1S/C17H25N5O4S/c1-3-25-15-12-17(27(23,24)21-9-7-5-6-8-10-21)16(26-4-2)11-14(15)22-13-18-19-20-22/h11-13H,3-10H2,1-2H3. The second-order valence-corrected chi connectivity index (χ2v) is 8.11. The summed E-state index contributed by atoms with van der Waals surface area (Å²) in [4.78, 5) is 0.117. The molecule has 1 aliphatic heterocycles. The number of hydrogen-bond donors (Lipinski definition) is 0. The monoisotopic (exact) mass is 395 g/mol. The summed E-state index contributed by atoms with van der Waals surface area (Å²) in [5.41, 5.74) is 0.528. The zero-order chi connectivity index (χ0) is 19.3. The minimum Gasteiger partial charge on any atom is -0.492 e. The van der Waals surface area contributed by atoms with Crippen LogP contribution in [-0.2, 0) is 10.0 Å². The molecule has 148 valence electrons. The predicted octanol–water partition coefficient (Wildman–Crippen LogP) is 2.02. The smallest absolute Gasteiger partial charge is 0.246 e. The highest BCUT2D eigenvalue weighted by molar-refractivity contribution is 7.89. The van der Waals surface area contributed by atoms with Crippen LogP contribution in [0.3, 0.4) is 0 Å². The van der Waals surface area contributed by atoms with Gasteiger partial charge in [-0.3, -0.25) is 0 Å². The van der Waals surface area contributed by atoms with E-state index in [4.69, 9.17) is 9.47 Å². The molecule has 0 saturated carbocycles. The normalized spacial score (nSPS) is 16.1. The molecular formula is C17H25N5O4S. The average molecular weight is 395 g/mol. The first kappa shape index (κ1) is 19.6. The van der Waals surface area contributed by atoms with Crippen LogP contribution in [0.2, 0.25) is 0 Å². The van der Waals surface area contributed by atoms with Crippen LogP contribution in [0.5, 0.6) is 11.5 Å². The molecule has 1 aromatic carbocycles. The molecule has 3 rings (SSSR count). The SMILES string of the molecule is CCOc1cc(S(=O)(=O)N2CCCCCC2)c(OCC)cc1-n1cnnn1. The molecule has 1 aliphatic rings. The van der Waals surface area contributed by atoms with E-state index in [1.165, 1.54) is 17.1 Å². The fourth-order valence-electron chi connectivity index (χ4n) is 3.14. The van der Waals surface area contributed by atoms with Gasteiger partial charge in [0.1, 0.15) is 28.4 Å². The van der Waals surface area contributed by atoms with E-state index in [-0.39, 0.29) is 10.6 Å². The second kappa shape index (κ2) is 8.66. The van der Waals surface area contributed by atoms with Gasteiger partial charge in [0, 0.05) is 25.2 Å². The highest BCUT2D eigenvalue weighted by atomic mass is 32.2. The first-order valence-electron chi connectivity index (χ1n) is 9.25. The van der Waals surface area contributed by atoms with Crippen LogP contribution in [0.25, 0.3) is 5.69 Å². The molecule has 1 fully saturated rings. The number of ether oxygens (including phenoxy) is 2. The van der Waals surface area contributed by atoms with E-state index in [9.17, 15) is 8.42 Å². The predicted molar refractivity (Wildman–Crippen MR) is 98.7 cm³/mol. The second-order valence-electron chi connectivity index (χ2n) is 6.21. The topological polar surface area (TPSA) is 99.4 Å². The summed E-state index contributed by atoms with van der Waals surface area (Å²) in [6.07, 6.45) is 5.25. The molecule has 0 unspecified atom stereocenters. The molecule has 2 heterocycles. The Kier molecular flexibility index (Phi) is 6.27. The van der Waals surface area contributed by atoms with Crippen molar-refractivity contribution in [3.8, 4) is 17.2 Å². The number of tetrazole rings is 1. The van der Waals surface area contributed by atoms with Crippen molar-refractivity contribution >= 4 is 10.0 Å². The van der Waals surface area contributed by atoms with Gasteiger partial charge in [0.15, 0.2) is 0 Å². The lowest BCUT2D eigenvalue weighted by Gasteiger charge is -2.23. The Balaban J connectivity index is 2.11. The van der Waals surface area contributed by atoms with Gasteiger partial charge in [-0.15, -0.1) is 5.10 Å². The van der Waals surface area contributed by atoms with Crippen molar-refractivity contribution < 1.29 is 17.9 Å². The van der Waals surface area contributed by atoms with Crippen LogP contribution < -0.4 is 9.47 Å². The Labute approximate surface area is 159 Å². The van der Waals surface area contributed by atoms with E-state index in [1.54, 1.807) is 10.4 Å². The van der Waals surface area contributed by atoms with Crippen LogP contribution in [0.15, 0.2) is 23.4 Å². The first-order chi connectivity index (χ1) is 13.1. The van der Waals surface area contributed by atoms with Crippen molar-refractivity contribution in [1.29, 1.82) is 0 Å². The number of hydrogen-bond acceptors (Lipinski definition) is 7. The minimum atomic E-state index is -3.70. The quantitative estimate of drug-likeness (QED) is 0.707. The van der Waals surface area contributed by atoms with E-state index in [1.807, 2.05) is 13.8 Å². The van der Waals surface area contributed by atoms with Crippen molar-refractivity contribution in [2.75, 3.05) is 26.3 Å². The Hall–Kier alpha value is -2.20. The van der Waals surface area contributed by atoms with Crippen LogP contribution in [0.4, 0.5) is 0 Å². The van der Waals surface area contributed by atoms with Crippen molar-refractivity contribution in [2.45, 2.75) is 44.4 Å². The fourth-order valence-corrected chi connectivity index (χ4v) is 4.79. The molecule has 0 N–H and O–H groups in total. The molecule has 27 heavy (non-hydrogen) atoms. The van der Waals surface area contributed by atoms with Gasteiger partial charge < -0.3 is 9.47 Å². The molecular weight excluding hydrogens is 370 g/mol. The maximum atomic E-state index is 13.3. The first-order valence-corrected chi connectivity index (χ1v) is 10.7. The zero-order valence-corrected chi connectivity index (χ0v) is 16.5. The summed E-state index contributed by atoms with van der Waals surface area (Å²) in [5, 5.41) is 11.2. The van der Waals surface area contributed by atoms with E-state index in [0.717, 1.165) is 25.7 Å². The highest BCUT2D eigenvalue weighted by Gasteiger charge is 2.30. The Morgan fingerprint density at radius 3 is 2.26 bits per heavy atom. The van der Waals surface area contributed by atoms with Gasteiger partial charge in [-0.25, -0.2) is 8.42 Å². The summed E-state index contributed by atoms with van der Waals surface area (Å²) in [6.45, 7) is 5.41. The molecule has 0 bridgehead atoms. The van der Waals surface area contributed by atoms with E-state index in [2.05, 4.69) is 15.5 Å². The Bertz CT molecular complexity index is 846. The minimum absolute atomic E-state index is 0.117. The van der Waals surface area contributed by atoms with Crippen LogP contribution >= 0.6 is 0 Å². The molecule has 1 aromatic heterocycles. The lowest BCUT2D eigenvalue weighted by Crippen LogP contribution is -2.32. The fraction of sp³-hybridized carbons (Fsp3) is 0.588. The molecule has 0 radical (unpaired) electrons. The van der Waals surface area contributed by atoms with Gasteiger partial charge in [0.25, 0.3) is 0 Å². The molecule has 2 aromatic rings. The van der Waals surface area contributed by atoms with Crippen molar-refractivity contribution in [2.24, 2.45) is 0 Å². The van der Waals surface area contributed by atoms with E-state index >= 15 is 0 Å². The van der Waals surface area contributed by atoms with Crippen LogP contribution in [0.1, 0.15) is 39.5 Å². The molecule has 0 aliphatic carbocycles. The molecule has 0 atom stereocenters. The third kappa shape index (κ3) is 4.22. The van der Waals surface area contributed by atoms with E-state index in [0.29, 0.717) is 37.7 Å². The van der Waals surface area contributed by atoms with Gasteiger partial charge in [0.2, 0.25) is 10.0 Å². The zero-order valence-electron chi connectivity index (χ0n) is 15.7. The molecule has 10 heteroatoms. The highest BCUT2D eigenvalue weighted by Crippen LogP contribution is 2.36. The molecule has 0 amide bonds. The maximum absolute atomic E-state index is 13.3.